The van der Waals surface area contributed by atoms with Crippen molar-refractivity contribution >= 4 is 0 Å². The molecule has 3 nitrogen and oxygen atoms in total. The molecule has 3 N–H and O–H groups in total. The Morgan fingerprint density at radius 2 is 1.50 bits per heavy atom. The van der Waals surface area contributed by atoms with Gasteiger partial charge in [-0.15, -0.1) is 0 Å². The molecule has 4 unspecified atom stereocenters. The van der Waals surface area contributed by atoms with Gasteiger partial charge in [0, 0.05) is 5.92 Å². The van der Waals surface area contributed by atoms with E-state index in [4.69, 9.17) is 0 Å². The van der Waals surface area contributed by atoms with E-state index in [2.05, 4.69) is 20.8 Å². The largest absolute Gasteiger partial charge is 0.390 e. The van der Waals surface area contributed by atoms with Crippen molar-refractivity contribution in [3.63, 3.8) is 0 Å². The standard InChI is InChI=1S/C23H40O3/c1-19-10-8-15-16-6-7-18(23(5,25)26)21(16,3)11-9-17(15)22(19,4)13-12-20(2,24)14-19/h15-18,24-26H,6-14H2,1-5H3/t15?,16?,17?,18?,19-,20+,21-,22+/m0/s1. The van der Waals surface area contributed by atoms with E-state index in [1.807, 2.05) is 6.92 Å². The number of fused-ring (bicyclic) bond motifs is 5. The predicted molar refractivity (Wildman–Crippen MR) is 103 cm³/mol. The van der Waals surface area contributed by atoms with Crippen LogP contribution in [-0.4, -0.2) is 26.7 Å². The van der Waals surface area contributed by atoms with Crippen molar-refractivity contribution in [1.29, 1.82) is 0 Å². The van der Waals surface area contributed by atoms with E-state index in [1.165, 1.54) is 19.3 Å². The summed E-state index contributed by atoms with van der Waals surface area (Å²) in [6.45, 7) is 10.9. The zero-order valence-corrected chi connectivity index (χ0v) is 17.5. The van der Waals surface area contributed by atoms with Crippen molar-refractivity contribution in [1.82, 2.24) is 0 Å². The second-order valence-corrected chi connectivity index (χ2v) is 11.8. The van der Waals surface area contributed by atoms with Crippen molar-refractivity contribution in [2.45, 2.75) is 104 Å². The lowest BCUT2D eigenvalue weighted by Gasteiger charge is -2.66. The minimum absolute atomic E-state index is 0.00848. The van der Waals surface area contributed by atoms with Gasteiger partial charge in [0.05, 0.1) is 5.60 Å². The summed E-state index contributed by atoms with van der Waals surface area (Å²) in [6, 6.07) is 0. The van der Waals surface area contributed by atoms with Crippen molar-refractivity contribution in [3.8, 4) is 0 Å². The Bertz CT molecular complexity index is 578. The van der Waals surface area contributed by atoms with Gasteiger partial charge in [-0.05, 0) is 106 Å². The molecular weight excluding hydrogens is 324 g/mol. The highest BCUT2D eigenvalue weighted by atomic mass is 16.5. The Hall–Kier alpha value is -0.120. The van der Waals surface area contributed by atoms with Gasteiger partial charge in [-0.3, -0.25) is 0 Å². The molecule has 4 fully saturated rings. The summed E-state index contributed by atoms with van der Waals surface area (Å²) in [6.07, 6.45) is 9.94. The van der Waals surface area contributed by atoms with Gasteiger partial charge in [0.1, 0.15) is 0 Å². The molecule has 4 rings (SSSR count). The van der Waals surface area contributed by atoms with E-state index in [9.17, 15) is 15.3 Å². The summed E-state index contributed by atoms with van der Waals surface area (Å²) in [5.74, 6) is 0.551. The van der Waals surface area contributed by atoms with Gasteiger partial charge < -0.3 is 15.3 Å². The van der Waals surface area contributed by atoms with Crippen molar-refractivity contribution in [3.05, 3.63) is 0 Å². The second kappa shape index (κ2) is 5.48. The maximum absolute atomic E-state index is 10.7. The first-order chi connectivity index (χ1) is 11.8. The predicted octanol–water partition coefficient (Wildman–Crippen LogP) is 4.49. The Morgan fingerprint density at radius 1 is 0.808 bits per heavy atom. The number of hydrogen-bond donors (Lipinski definition) is 3. The average Bonchev–Trinajstić information content (AvgIpc) is 2.85. The Morgan fingerprint density at radius 3 is 2.15 bits per heavy atom. The van der Waals surface area contributed by atoms with Gasteiger partial charge in [0.25, 0.3) is 0 Å². The first-order valence-corrected chi connectivity index (χ1v) is 11.0. The molecule has 0 aromatic rings. The number of aliphatic hydroxyl groups is 3. The molecule has 0 amide bonds. The Labute approximate surface area is 159 Å². The Kier molecular flexibility index (Phi) is 4.05. The third-order valence-corrected chi connectivity index (χ3v) is 10.3. The van der Waals surface area contributed by atoms with Gasteiger partial charge in [-0.2, -0.15) is 0 Å². The van der Waals surface area contributed by atoms with Crippen LogP contribution in [0.2, 0.25) is 0 Å². The fourth-order valence-corrected chi connectivity index (χ4v) is 8.83. The van der Waals surface area contributed by atoms with Crippen molar-refractivity contribution in [2.75, 3.05) is 0 Å². The molecule has 0 radical (unpaired) electrons. The molecule has 26 heavy (non-hydrogen) atoms. The first kappa shape index (κ1) is 19.2. The minimum Gasteiger partial charge on any atom is -0.390 e. The highest BCUT2D eigenvalue weighted by molar-refractivity contribution is 5.14. The molecule has 0 bridgehead atoms. The van der Waals surface area contributed by atoms with Gasteiger partial charge in [-0.1, -0.05) is 20.8 Å². The Balaban J connectivity index is 1.65. The first-order valence-electron chi connectivity index (χ1n) is 11.0. The molecule has 0 aromatic carbocycles. The zero-order chi connectivity index (χ0) is 19.2. The molecule has 3 heteroatoms. The van der Waals surface area contributed by atoms with E-state index in [0.29, 0.717) is 11.3 Å². The molecular formula is C23H40O3. The van der Waals surface area contributed by atoms with E-state index in [1.54, 1.807) is 6.92 Å². The van der Waals surface area contributed by atoms with Crippen LogP contribution in [0.25, 0.3) is 0 Å². The van der Waals surface area contributed by atoms with E-state index < -0.39 is 11.4 Å². The molecule has 0 saturated heterocycles. The summed E-state index contributed by atoms with van der Waals surface area (Å²) in [4.78, 5) is 0. The van der Waals surface area contributed by atoms with Crippen molar-refractivity contribution in [2.24, 2.45) is 39.9 Å². The fraction of sp³-hybridized carbons (Fsp3) is 1.00. The smallest absolute Gasteiger partial charge is 0.163 e. The van der Waals surface area contributed by atoms with E-state index >= 15 is 0 Å². The maximum atomic E-state index is 10.7. The van der Waals surface area contributed by atoms with Gasteiger partial charge in [-0.25, -0.2) is 0 Å². The van der Waals surface area contributed by atoms with Crippen molar-refractivity contribution < 1.29 is 15.3 Å². The van der Waals surface area contributed by atoms with Crippen LogP contribution < -0.4 is 0 Å². The topological polar surface area (TPSA) is 60.7 Å². The monoisotopic (exact) mass is 364 g/mol. The lowest BCUT2D eigenvalue weighted by atomic mass is 9.39. The second-order valence-electron chi connectivity index (χ2n) is 11.8. The van der Waals surface area contributed by atoms with E-state index in [-0.39, 0.29) is 16.7 Å². The van der Waals surface area contributed by atoms with Crippen LogP contribution in [0.4, 0.5) is 0 Å². The van der Waals surface area contributed by atoms with E-state index in [0.717, 1.165) is 50.4 Å². The van der Waals surface area contributed by atoms with Crippen LogP contribution in [0.1, 0.15) is 92.4 Å². The normalized spacial score (nSPS) is 57.2. The maximum Gasteiger partial charge on any atom is 0.163 e. The molecule has 4 aliphatic carbocycles. The quantitative estimate of drug-likeness (QED) is 0.601. The zero-order valence-electron chi connectivity index (χ0n) is 17.5. The molecule has 4 aliphatic rings. The van der Waals surface area contributed by atoms with Crippen LogP contribution in [0.3, 0.4) is 0 Å². The minimum atomic E-state index is -1.55. The molecule has 8 atom stereocenters. The molecule has 0 aliphatic heterocycles. The third-order valence-electron chi connectivity index (χ3n) is 10.3. The summed E-state index contributed by atoms with van der Waals surface area (Å²) in [7, 11) is 0. The molecule has 0 aromatic heterocycles. The molecule has 0 heterocycles. The summed E-state index contributed by atoms with van der Waals surface area (Å²) in [5, 5.41) is 31.5. The molecule has 0 spiro atoms. The van der Waals surface area contributed by atoms with Crippen LogP contribution in [0, 0.1) is 39.9 Å². The molecule has 4 saturated carbocycles. The third kappa shape index (κ3) is 2.49. The number of hydrogen-bond acceptors (Lipinski definition) is 3. The SMILES string of the molecule is CC(O)(O)C1CCC2C3CC[C@@]4(C)C[C@](C)(O)CC[C@]4(C)C3CC[C@@]21C. The lowest BCUT2D eigenvalue weighted by Crippen LogP contribution is -2.60. The van der Waals surface area contributed by atoms with Gasteiger partial charge >= 0.3 is 0 Å². The van der Waals surface area contributed by atoms with Crippen LogP contribution in [-0.2, 0) is 0 Å². The van der Waals surface area contributed by atoms with Crippen LogP contribution >= 0.6 is 0 Å². The van der Waals surface area contributed by atoms with Crippen LogP contribution in [0.15, 0.2) is 0 Å². The molecule has 150 valence electrons. The number of rotatable bonds is 1. The average molecular weight is 365 g/mol. The highest BCUT2D eigenvalue weighted by Crippen LogP contribution is 2.71. The highest BCUT2D eigenvalue weighted by Gasteiger charge is 2.65. The summed E-state index contributed by atoms with van der Waals surface area (Å²) >= 11 is 0. The summed E-state index contributed by atoms with van der Waals surface area (Å²) < 4.78 is 0. The summed E-state index contributed by atoms with van der Waals surface area (Å²) in [5.41, 5.74) is 0.130. The van der Waals surface area contributed by atoms with Gasteiger partial charge in [0.15, 0.2) is 5.79 Å². The lowest BCUT2D eigenvalue weighted by molar-refractivity contribution is -0.230. The fourth-order valence-electron chi connectivity index (χ4n) is 8.83. The van der Waals surface area contributed by atoms with Crippen LogP contribution in [0.5, 0.6) is 0 Å². The van der Waals surface area contributed by atoms with Gasteiger partial charge in [0.2, 0.25) is 0 Å².